The van der Waals surface area contributed by atoms with Gasteiger partial charge in [-0.2, -0.15) is 8.42 Å². The lowest BCUT2D eigenvalue weighted by molar-refractivity contribution is -0.148. The Kier molecular flexibility index (Phi) is 33.3. The summed E-state index contributed by atoms with van der Waals surface area (Å²) in [5.41, 5.74) is 0. The summed E-state index contributed by atoms with van der Waals surface area (Å²) in [6, 6.07) is 0. The Hall–Kier alpha value is -1.97. The number of carboxylic acid groups (broad SMARTS) is 1. The van der Waals surface area contributed by atoms with E-state index in [1.165, 1.54) is 0 Å². The second-order valence-corrected chi connectivity index (χ2v) is 14.2. The zero-order valence-corrected chi connectivity index (χ0v) is 34.8. The summed E-state index contributed by atoms with van der Waals surface area (Å²) in [4.78, 5) is 22.3. The highest BCUT2D eigenvalue weighted by molar-refractivity contribution is 7.87. The molecule has 0 spiro atoms. The van der Waals surface area contributed by atoms with Crippen LogP contribution >= 0.6 is 0 Å². The van der Waals surface area contributed by atoms with Crippen LogP contribution in [-0.2, 0) is 90.8 Å². The summed E-state index contributed by atoms with van der Waals surface area (Å²) in [6.45, 7) is 16.4. The van der Waals surface area contributed by atoms with Crippen molar-refractivity contribution in [3.8, 4) is 0 Å². The second kappa shape index (κ2) is 35.8. The van der Waals surface area contributed by atoms with Gasteiger partial charge in [0, 0.05) is 0 Å². The molecule has 1 fully saturated rings. The third-order valence-corrected chi connectivity index (χ3v) is 8.34. The van der Waals surface area contributed by atoms with Crippen molar-refractivity contribution in [3.05, 3.63) is 12.7 Å². The van der Waals surface area contributed by atoms with Crippen molar-refractivity contribution in [2.24, 2.45) is 0 Å². The zero-order valence-electron chi connectivity index (χ0n) is 34.0. The average molecular weight is 867 g/mol. The number of esters is 1. The first kappa shape index (κ1) is 54.0. The minimum atomic E-state index is -4.92. The van der Waals surface area contributed by atoms with Gasteiger partial charge in [0.2, 0.25) is 0 Å². The molecule has 1 aliphatic heterocycles. The van der Waals surface area contributed by atoms with Crippen molar-refractivity contribution in [3.63, 3.8) is 0 Å². The Morgan fingerprint density at radius 1 is 0.672 bits per heavy atom. The molecule has 21 nitrogen and oxygen atoms in total. The topological polar surface area (TPSA) is 247 Å². The van der Waals surface area contributed by atoms with Gasteiger partial charge in [-0.15, -0.1) is 6.58 Å². The van der Waals surface area contributed by atoms with Crippen LogP contribution in [0.25, 0.3) is 0 Å². The van der Waals surface area contributed by atoms with Gasteiger partial charge in [-0.05, 0) is 13.8 Å². The maximum absolute atomic E-state index is 11.5. The van der Waals surface area contributed by atoms with E-state index in [0.29, 0.717) is 139 Å². The van der Waals surface area contributed by atoms with Crippen molar-refractivity contribution in [1.29, 1.82) is 0 Å². The fraction of sp³-hybridized carbons (Fsp3) is 0.889. The first-order valence-corrected chi connectivity index (χ1v) is 20.7. The molecular formula is C36H66O21S. The number of carbonyl (C=O) groups excluding carboxylic acids is 1. The van der Waals surface area contributed by atoms with Crippen molar-refractivity contribution >= 4 is 22.1 Å². The maximum Gasteiger partial charge on any atom is 0.325 e. The van der Waals surface area contributed by atoms with Crippen molar-refractivity contribution in [2.45, 2.75) is 43.5 Å². The van der Waals surface area contributed by atoms with Crippen molar-refractivity contribution in [1.82, 2.24) is 0 Å². The van der Waals surface area contributed by atoms with E-state index in [0.717, 1.165) is 0 Å². The van der Waals surface area contributed by atoms with E-state index in [1.54, 1.807) is 6.08 Å². The SMILES string of the molecule is C=CCOCC(COCC1COC(C)(C)O1)OCCOCCOCCOCCOCCOCCOCCOCCOCCOCCOC(=O)CC(C(=O)O)S(=O)(=O)O. The second-order valence-electron chi connectivity index (χ2n) is 12.6. The third-order valence-electron chi connectivity index (χ3n) is 7.25. The van der Waals surface area contributed by atoms with Crippen LogP contribution in [0.3, 0.4) is 0 Å². The molecule has 0 bridgehead atoms. The molecule has 0 aliphatic carbocycles. The van der Waals surface area contributed by atoms with Gasteiger partial charge in [0.05, 0.1) is 165 Å². The van der Waals surface area contributed by atoms with E-state index in [4.69, 9.17) is 80.7 Å². The molecule has 0 aromatic carbocycles. The van der Waals surface area contributed by atoms with Gasteiger partial charge >= 0.3 is 11.9 Å². The third kappa shape index (κ3) is 32.8. The summed E-state index contributed by atoms with van der Waals surface area (Å²) >= 11 is 0. The largest absolute Gasteiger partial charge is 0.480 e. The maximum atomic E-state index is 11.5. The molecule has 1 heterocycles. The fourth-order valence-electron chi connectivity index (χ4n) is 4.48. The van der Waals surface area contributed by atoms with Gasteiger partial charge in [0.15, 0.2) is 11.0 Å². The zero-order chi connectivity index (χ0) is 42.6. The highest BCUT2D eigenvalue weighted by Gasteiger charge is 2.34. The first-order valence-electron chi connectivity index (χ1n) is 19.2. The predicted octanol–water partition coefficient (Wildman–Crippen LogP) is 0.166. The summed E-state index contributed by atoms with van der Waals surface area (Å²) in [5.74, 6) is -3.53. The van der Waals surface area contributed by atoms with Crippen LogP contribution in [-0.4, -0.2) is 218 Å². The molecule has 3 unspecified atom stereocenters. The highest BCUT2D eigenvalue weighted by atomic mass is 32.2. The average Bonchev–Trinajstić information content (AvgIpc) is 3.52. The smallest absolute Gasteiger partial charge is 0.325 e. The molecule has 2 N–H and O–H groups in total. The summed E-state index contributed by atoms with van der Waals surface area (Å²) in [6.07, 6.45) is 0.327. The molecule has 1 saturated heterocycles. The molecule has 3 atom stereocenters. The monoisotopic (exact) mass is 866 g/mol. The van der Waals surface area contributed by atoms with Crippen LogP contribution < -0.4 is 0 Å². The van der Waals surface area contributed by atoms with E-state index in [-0.39, 0.29) is 38.6 Å². The van der Waals surface area contributed by atoms with E-state index in [2.05, 4.69) is 6.58 Å². The molecule has 0 aromatic rings. The molecule has 0 amide bonds. The van der Waals surface area contributed by atoms with E-state index in [1.807, 2.05) is 13.8 Å². The van der Waals surface area contributed by atoms with Gasteiger partial charge in [0.25, 0.3) is 10.1 Å². The lowest BCUT2D eigenvalue weighted by Crippen LogP contribution is -2.32. The van der Waals surface area contributed by atoms with E-state index in [9.17, 15) is 18.0 Å². The molecular weight excluding hydrogens is 800 g/mol. The molecule has 0 aromatic heterocycles. The number of carboxylic acids is 1. The standard InChI is InChI=1S/C36H66O21S/c1-4-5-52-27-31(28-53-29-32-30-56-36(2,3)57-32)54-24-22-50-20-18-48-16-14-46-12-10-44-8-6-43-7-9-45-11-13-47-15-17-49-19-21-51-23-25-55-34(37)26-33(35(38)39)58(40,41)42/h4,31-33H,1,5-30H2,2-3H3,(H,38,39)(H,40,41,42). The molecule has 22 heteroatoms. The van der Waals surface area contributed by atoms with Gasteiger partial charge < -0.3 is 76.2 Å². The van der Waals surface area contributed by atoms with Crippen LogP contribution in [0.2, 0.25) is 0 Å². The van der Waals surface area contributed by atoms with Crippen molar-refractivity contribution < 1.29 is 98.7 Å². The fourth-order valence-corrected chi connectivity index (χ4v) is 5.08. The Labute approximate surface area is 341 Å². The molecule has 0 radical (unpaired) electrons. The number of ether oxygens (including phenoxy) is 15. The van der Waals surface area contributed by atoms with Crippen molar-refractivity contribution in [2.75, 3.05) is 165 Å². The summed E-state index contributed by atoms with van der Waals surface area (Å²) in [5, 5.41) is 6.48. The Morgan fingerprint density at radius 3 is 1.43 bits per heavy atom. The minimum Gasteiger partial charge on any atom is -0.480 e. The normalized spacial score (nSPS) is 16.4. The van der Waals surface area contributed by atoms with Crippen LogP contribution in [0.1, 0.15) is 20.3 Å². The quantitative estimate of drug-likeness (QED) is 0.0359. The molecule has 0 saturated carbocycles. The predicted molar refractivity (Wildman–Crippen MR) is 202 cm³/mol. The minimum absolute atomic E-state index is 0.00591. The summed E-state index contributed by atoms with van der Waals surface area (Å²) in [7, 11) is -4.92. The van der Waals surface area contributed by atoms with E-state index >= 15 is 0 Å². The Balaban J connectivity index is 1.77. The summed E-state index contributed by atoms with van der Waals surface area (Å²) < 4.78 is 113. The number of rotatable bonds is 43. The number of hydrogen-bond donors (Lipinski definition) is 2. The van der Waals surface area contributed by atoms with E-state index < -0.39 is 39.5 Å². The molecule has 58 heavy (non-hydrogen) atoms. The van der Waals surface area contributed by atoms with Crippen LogP contribution in [0.5, 0.6) is 0 Å². The first-order chi connectivity index (χ1) is 27.9. The lowest BCUT2D eigenvalue weighted by atomic mass is 10.3. The Morgan fingerprint density at radius 2 is 1.07 bits per heavy atom. The lowest BCUT2D eigenvalue weighted by Gasteiger charge is -2.20. The molecule has 342 valence electrons. The van der Waals surface area contributed by atoms with Crippen LogP contribution in [0, 0.1) is 0 Å². The molecule has 1 aliphatic rings. The number of aliphatic carboxylic acids is 1. The van der Waals surface area contributed by atoms with Gasteiger partial charge in [-0.3, -0.25) is 14.1 Å². The number of carbonyl (C=O) groups is 2. The van der Waals surface area contributed by atoms with Gasteiger partial charge in [-0.25, -0.2) is 0 Å². The Bertz CT molecular complexity index is 1130. The van der Waals surface area contributed by atoms with Crippen LogP contribution in [0.15, 0.2) is 12.7 Å². The molecule has 1 rings (SSSR count). The van der Waals surface area contributed by atoms with Gasteiger partial charge in [0.1, 0.15) is 18.8 Å². The van der Waals surface area contributed by atoms with Crippen LogP contribution in [0.4, 0.5) is 0 Å². The highest BCUT2D eigenvalue weighted by Crippen LogP contribution is 2.22. The van der Waals surface area contributed by atoms with Gasteiger partial charge in [-0.1, -0.05) is 6.08 Å². The number of hydrogen-bond acceptors (Lipinski definition) is 19.